The van der Waals surface area contributed by atoms with Gasteiger partial charge in [0.25, 0.3) is 0 Å². The van der Waals surface area contributed by atoms with Crippen LogP contribution in [0.15, 0.2) is 39.3 Å². The third kappa shape index (κ3) is 3.10. The fourth-order valence-corrected chi connectivity index (χ4v) is 3.37. The molecule has 1 atom stereocenters. The van der Waals surface area contributed by atoms with Crippen molar-refractivity contribution in [2.75, 3.05) is 7.05 Å². The van der Waals surface area contributed by atoms with E-state index in [0.717, 1.165) is 14.5 Å². The summed E-state index contributed by atoms with van der Waals surface area (Å²) in [6, 6.07) is 7.66. The molecule has 2 aromatic carbocycles. The highest BCUT2D eigenvalue weighted by Gasteiger charge is 2.20. The zero-order valence-corrected chi connectivity index (χ0v) is 14.1. The van der Waals surface area contributed by atoms with E-state index in [9.17, 15) is 8.78 Å². The Morgan fingerprint density at radius 3 is 2.30 bits per heavy atom. The van der Waals surface area contributed by atoms with Crippen LogP contribution in [-0.4, -0.2) is 7.05 Å². The lowest BCUT2D eigenvalue weighted by Crippen LogP contribution is -2.20. The minimum Gasteiger partial charge on any atom is -0.309 e. The summed E-state index contributed by atoms with van der Waals surface area (Å²) in [5.74, 6) is -0.826. The number of benzene rings is 2. The van der Waals surface area contributed by atoms with Crippen LogP contribution in [0.25, 0.3) is 0 Å². The van der Waals surface area contributed by atoms with Gasteiger partial charge in [0.1, 0.15) is 11.6 Å². The average molecular weight is 405 g/mol. The molecule has 2 aromatic rings. The molecule has 106 valence electrons. The first-order valence-corrected chi connectivity index (χ1v) is 7.60. The fraction of sp³-hybridized carbons (Fsp3) is 0.200. The number of rotatable bonds is 3. The molecule has 0 heterocycles. The molecule has 0 aromatic heterocycles. The van der Waals surface area contributed by atoms with Crippen LogP contribution in [-0.2, 0) is 0 Å². The van der Waals surface area contributed by atoms with Gasteiger partial charge in [0.2, 0.25) is 0 Å². The van der Waals surface area contributed by atoms with Gasteiger partial charge in [0.15, 0.2) is 0 Å². The van der Waals surface area contributed by atoms with E-state index in [1.165, 1.54) is 12.1 Å². The summed E-state index contributed by atoms with van der Waals surface area (Å²) < 4.78 is 29.6. The van der Waals surface area contributed by atoms with Crippen molar-refractivity contribution >= 4 is 31.9 Å². The Hall–Kier alpha value is -0.780. The van der Waals surface area contributed by atoms with Crippen LogP contribution in [0.2, 0.25) is 0 Å². The maximum absolute atomic E-state index is 14.1. The molecule has 0 saturated carbocycles. The highest BCUT2D eigenvalue weighted by atomic mass is 79.9. The monoisotopic (exact) mass is 403 g/mol. The molecule has 0 aliphatic carbocycles. The van der Waals surface area contributed by atoms with Crippen LogP contribution in [0, 0.1) is 18.6 Å². The minimum absolute atomic E-state index is 0.290. The van der Waals surface area contributed by atoms with Gasteiger partial charge in [0, 0.05) is 14.5 Å². The van der Waals surface area contributed by atoms with Gasteiger partial charge in [-0.1, -0.05) is 37.9 Å². The van der Waals surface area contributed by atoms with Crippen molar-refractivity contribution in [2.45, 2.75) is 13.0 Å². The predicted octanol–water partition coefficient (Wildman–Crippen LogP) is 5.11. The topological polar surface area (TPSA) is 12.0 Å². The Labute approximate surface area is 133 Å². The van der Waals surface area contributed by atoms with Gasteiger partial charge in [-0.2, -0.15) is 0 Å². The largest absolute Gasteiger partial charge is 0.309 e. The first kappa shape index (κ1) is 15.6. The van der Waals surface area contributed by atoms with Gasteiger partial charge in [-0.15, -0.1) is 0 Å². The summed E-state index contributed by atoms with van der Waals surface area (Å²) in [6.07, 6.45) is 0. The Bertz CT molecular complexity index is 644. The number of hydrogen-bond donors (Lipinski definition) is 1. The normalized spacial score (nSPS) is 12.5. The van der Waals surface area contributed by atoms with Gasteiger partial charge in [-0.05, 0) is 49.4 Å². The van der Waals surface area contributed by atoms with Crippen molar-refractivity contribution in [1.29, 1.82) is 0 Å². The van der Waals surface area contributed by atoms with Crippen LogP contribution in [0.4, 0.5) is 8.78 Å². The predicted molar refractivity (Wildman–Crippen MR) is 83.8 cm³/mol. The summed E-state index contributed by atoms with van der Waals surface area (Å²) in [4.78, 5) is 0. The molecule has 0 aliphatic heterocycles. The van der Waals surface area contributed by atoms with Gasteiger partial charge in [0.05, 0.1) is 6.04 Å². The number of nitrogens with one attached hydrogen (secondary N) is 1. The number of hydrogen-bond acceptors (Lipinski definition) is 1. The Morgan fingerprint density at radius 2 is 1.70 bits per heavy atom. The summed E-state index contributed by atoms with van der Waals surface area (Å²) in [5.41, 5.74) is 1.44. The smallest absolute Gasteiger partial charge is 0.128 e. The van der Waals surface area contributed by atoms with E-state index in [4.69, 9.17) is 0 Å². The lowest BCUT2D eigenvalue weighted by Gasteiger charge is -2.20. The molecule has 1 unspecified atom stereocenters. The first-order valence-electron chi connectivity index (χ1n) is 6.01. The van der Waals surface area contributed by atoms with Crippen molar-refractivity contribution in [3.63, 3.8) is 0 Å². The van der Waals surface area contributed by atoms with E-state index in [0.29, 0.717) is 11.1 Å². The van der Waals surface area contributed by atoms with Gasteiger partial charge in [-0.3, -0.25) is 0 Å². The second kappa shape index (κ2) is 6.33. The van der Waals surface area contributed by atoms with E-state index < -0.39 is 17.7 Å². The molecule has 0 spiro atoms. The van der Waals surface area contributed by atoms with Crippen LogP contribution in [0.1, 0.15) is 22.7 Å². The van der Waals surface area contributed by atoms with Gasteiger partial charge >= 0.3 is 0 Å². The molecule has 0 radical (unpaired) electrons. The van der Waals surface area contributed by atoms with E-state index >= 15 is 0 Å². The molecule has 5 heteroatoms. The average Bonchev–Trinajstić information content (AvgIpc) is 2.38. The molecule has 2 rings (SSSR count). The van der Waals surface area contributed by atoms with Crippen molar-refractivity contribution < 1.29 is 8.78 Å². The first-order chi connectivity index (χ1) is 9.43. The Kier molecular flexibility index (Phi) is 4.94. The molecular formula is C15H13Br2F2N. The SMILES string of the molecule is CNC(c1cc(F)c(C)cc1F)c1ccc(Br)cc1Br. The Morgan fingerprint density at radius 1 is 1.00 bits per heavy atom. The van der Waals surface area contributed by atoms with Crippen molar-refractivity contribution in [2.24, 2.45) is 0 Å². The molecule has 0 saturated heterocycles. The number of aryl methyl sites for hydroxylation is 1. The third-order valence-electron chi connectivity index (χ3n) is 3.15. The molecule has 0 fully saturated rings. The van der Waals surface area contributed by atoms with Gasteiger partial charge in [-0.25, -0.2) is 8.78 Å². The summed E-state index contributed by atoms with van der Waals surface area (Å²) in [5, 5.41) is 3.03. The van der Waals surface area contributed by atoms with E-state index in [1.54, 1.807) is 14.0 Å². The molecule has 0 bridgehead atoms. The highest BCUT2D eigenvalue weighted by molar-refractivity contribution is 9.11. The van der Waals surface area contributed by atoms with Crippen LogP contribution in [0.5, 0.6) is 0 Å². The van der Waals surface area contributed by atoms with Crippen molar-refractivity contribution in [3.05, 3.63) is 67.6 Å². The van der Waals surface area contributed by atoms with E-state index in [1.807, 2.05) is 18.2 Å². The third-order valence-corrected chi connectivity index (χ3v) is 4.33. The van der Waals surface area contributed by atoms with Crippen molar-refractivity contribution in [1.82, 2.24) is 5.32 Å². The van der Waals surface area contributed by atoms with E-state index in [-0.39, 0.29) is 0 Å². The highest BCUT2D eigenvalue weighted by Crippen LogP contribution is 2.32. The second-order valence-electron chi connectivity index (χ2n) is 4.51. The quantitative estimate of drug-likeness (QED) is 0.749. The lowest BCUT2D eigenvalue weighted by atomic mass is 9.97. The lowest BCUT2D eigenvalue weighted by molar-refractivity contribution is 0.553. The van der Waals surface area contributed by atoms with Gasteiger partial charge < -0.3 is 5.32 Å². The molecule has 20 heavy (non-hydrogen) atoms. The fourth-order valence-electron chi connectivity index (χ4n) is 2.10. The summed E-state index contributed by atoms with van der Waals surface area (Å²) in [6.45, 7) is 1.55. The van der Waals surface area contributed by atoms with Crippen molar-refractivity contribution in [3.8, 4) is 0 Å². The molecule has 1 N–H and O–H groups in total. The Balaban J connectivity index is 2.55. The molecule has 0 amide bonds. The standard InChI is InChI=1S/C15H13Br2F2N/c1-8-5-14(19)11(7-13(8)18)15(20-2)10-4-3-9(16)6-12(10)17/h3-7,15,20H,1-2H3. The van der Waals surface area contributed by atoms with Crippen LogP contribution < -0.4 is 5.32 Å². The van der Waals surface area contributed by atoms with Crippen LogP contribution in [0.3, 0.4) is 0 Å². The summed E-state index contributed by atoms with van der Waals surface area (Å²) in [7, 11) is 1.72. The molecule has 0 aliphatic rings. The second-order valence-corrected chi connectivity index (χ2v) is 6.28. The summed E-state index contributed by atoms with van der Waals surface area (Å²) >= 11 is 6.83. The minimum atomic E-state index is -0.424. The maximum atomic E-state index is 14.1. The zero-order valence-electron chi connectivity index (χ0n) is 11.0. The van der Waals surface area contributed by atoms with E-state index in [2.05, 4.69) is 37.2 Å². The zero-order chi connectivity index (χ0) is 14.9. The number of halogens is 4. The molecule has 1 nitrogen and oxygen atoms in total. The maximum Gasteiger partial charge on any atom is 0.128 e. The molecular weight excluding hydrogens is 392 g/mol. The van der Waals surface area contributed by atoms with Crippen LogP contribution >= 0.6 is 31.9 Å².